The van der Waals surface area contributed by atoms with Crippen LogP contribution in [0.2, 0.25) is 5.15 Å². The Kier molecular flexibility index (Phi) is 2.80. The smallest absolute Gasteiger partial charge is 0.258 e. The zero-order valence-corrected chi connectivity index (χ0v) is 13.8. The van der Waals surface area contributed by atoms with Gasteiger partial charge in [-0.3, -0.25) is 9.78 Å². The summed E-state index contributed by atoms with van der Waals surface area (Å²) in [5.41, 5.74) is 1.65. The topological polar surface area (TPSA) is 58.1 Å². The number of halogens is 3. The Morgan fingerprint density at radius 3 is 2.80 bits per heavy atom. The van der Waals surface area contributed by atoms with Crippen molar-refractivity contribution in [2.45, 2.75) is 18.8 Å². The second-order valence-corrected chi connectivity index (χ2v) is 7.29. The van der Waals surface area contributed by atoms with Crippen LogP contribution in [0.3, 0.4) is 0 Å². The normalized spacial score (nSPS) is 21.7. The van der Waals surface area contributed by atoms with E-state index in [-0.39, 0.29) is 37.0 Å². The summed E-state index contributed by atoms with van der Waals surface area (Å²) in [7, 11) is 0. The van der Waals surface area contributed by atoms with E-state index in [9.17, 15) is 13.6 Å². The van der Waals surface area contributed by atoms with Crippen LogP contribution < -0.4 is 10.2 Å². The van der Waals surface area contributed by atoms with Crippen molar-refractivity contribution in [1.29, 1.82) is 0 Å². The van der Waals surface area contributed by atoms with Gasteiger partial charge >= 0.3 is 0 Å². The van der Waals surface area contributed by atoms with E-state index in [1.54, 1.807) is 23.2 Å². The van der Waals surface area contributed by atoms with Crippen LogP contribution >= 0.6 is 11.6 Å². The van der Waals surface area contributed by atoms with Gasteiger partial charge in [-0.05, 0) is 6.07 Å². The van der Waals surface area contributed by atoms with Gasteiger partial charge in [0.15, 0.2) is 0 Å². The van der Waals surface area contributed by atoms with Crippen molar-refractivity contribution in [3.63, 3.8) is 0 Å². The first-order valence-electron chi connectivity index (χ1n) is 7.96. The summed E-state index contributed by atoms with van der Waals surface area (Å²) < 4.78 is 26.8. The lowest BCUT2D eigenvalue weighted by Gasteiger charge is -2.41. The van der Waals surface area contributed by atoms with Gasteiger partial charge in [-0.1, -0.05) is 17.7 Å². The molecule has 0 aromatic carbocycles. The number of rotatable bonds is 1. The Bertz CT molecular complexity index is 927. The number of aromatic nitrogens is 2. The number of pyridine rings is 2. The van der Waals surface area contributed by atoms with Crippen LogP contribution in [0.1, 0.15) is 12.1 Å². The summed E-state index contributed by atoms with van der Waals surface area (Å²) in [4.78, 5) is 22.6. The third kappa shape index (κ3) is 2.08. The number of nitrogens with zero attached hydrogens (tertiary/aromatic N) is 3. The Hall–Kier alpha value is -2.28. The Labute approximate surface area is 147 Å². The molecular formula is C17H13ClF2N4O. The van der Waals surface area contributed by atoms with Crippen molar-refractivity contribution in [2.24, 2.45) is 5.41 Å². The number of hydrogen-bond acceptors (Lipinski definition) is 4. The molecule has 5 rings (SSSR count). The van der Waals surface area contributed by atoms with E-state index in [2.05, 4.69) is 15.3 Å². The lowest BCUT2D eigenvalue weighted by atomic mass is 9.95. The van der Waals surface area contributed by atoms with Gasteiger partial charge in [-0.15, -0.1) is 0 Å². The van der Waals surface area contributed by atoms with E-state index in [0.717, 1.165) is 5.56 Å². The number of nitrogens with one attached hydrogen (secondary N) is 1. The van der Waals surface area contributed by atoms with Crippen molar-refractivity contribution in [2.75, 3.05) is 23.3 Å². The van der Waals surface area contributed by atoms with Crippen LogP contribution in [0.25, 0.3) is 11.1 Å². The van der Waals surface area contributed by atoms with Gasteiger partial charge in [0.05, 0.1) is 23.2 Å². The molecule has 5 nitrogen and oxygen atoms in total. The summed E-state index contributed by atoms with van der Waals surface area (Å²) in [6, 6.07) is 5.32. The number of amides is 1. The first-order chi connectivity index (χ1) is 11.9. The summed E-state index contributed by atoms with van der Waals surface area (Å²) in [5, 5.41) is 3.06. The largest absolute Gasteiger partial charge is 0.355 e. The zero-order valence-electron chi connectivity index (χ0n) is 13.0. The predicted molar refractivity (Wildman–Crippen MR) is 89.0 cm³/mol. The van der Waals surface area contributed by atoms with Gasteiger partial charge < -0.3 is 10.2 Å². The molecule has 2 fully saturated rings. The molecule has 1 saturated heterocycles. The molecule has 3 aliphatic rings. The molecule has 128 valence electrons. The molecule has 0 unspecified atom stereocenters. The van der Waals surface area contributed by atoms with E-state index >= 15 is 0 Å². The number of alkyl halides is 2. The first-order valence-corrected chi connectivity index (χ1v) is 8.34. The quantitative estimate of drug-likeness (QED) is 0.792. The summed E-state index contributed by atoms with van der Waals surface area (Å²) >= 11 is 6.40. The third-order valence-corrected chi connectivity index (χ3v) is 5.52. The molecule has 1 saturated carbocycles. The Morgan fingerprint density at radius 1 is 1.32 bits per heavy atom. The molecular weight excluding hydrogens is 350 g/mol. The maximum Gasteiger partial charge on any atom is 0.258 e. The highest BCUT2D eigenvalue weighted by atomic mass is 35.5. The molecule has 8 heteroatoms. The Balaban J connectivity index is 1.55. The van der Waals surface area contributed by atoms with E-state index < -0.39 is 11.3 Å². The van der Waals surface area contributed by atoms with Crippen molar-refractivity contribution in [3.8, 4) is 11.1 Å². The average molecular weight is 363 g/mol. The van der Waals surface area contributed by atoms with E-state index in [1.807, 2.05) is 6.07 Å². The van der Waals surface area contributed by atoms with Gasteiger partial charge in [0.1, 0.15) is 11.0 Å². The number of carbonyl (C=O) groups is 1. The average Bonchev–Trinajstić information content (AvgIpc) is 3.13. The standard InChI is InChI=1S/C17H13ClF2N4O/c18-15-14-9-2-1-3-21-10(9)5-13(25)22-11(14)4-12(23-15)24-7-16(8-24)6-17(16,19)20/h1-4H,5-8H2,(H,22,25). The molecule has 2 aromatic heterocycles. The van der Waals surface area contributed by atoms with Crippen LogP contribution in [0.5, 0.6) is 0 Å². The summed E-state index contributed by atoms with van der Waals surface area (Å²) in [6.07, 6.45) is 1.71. The highest BCUT2D eigenvalue weighted by Gasteiger charge is 2.76. The molecule has 1 N–H and O–H groups in total. The van der Waals surface area contributed by atoms with Crippen LogP contribution in [0, 0.1) is 5.41 Å². The molecule has 0 atom stereocenters. The second-order valence-electron chi connectivity index (χ2n) is 6.93. The minimum atomic E-state index is -2.57. The number of carbonyl (C=O) groups excluding carboxylic acids is 1. The number of fused-ring (bicyclic) bond motifs is 3. The van der Waals surface area contributed by atoms with Crippen LogP contribution in [0.4, 0.5) is 20.3 Å². The molecule has 2 aliphatic heterocycles. The molecule has 0 radical (unpaired) electrons. The van der Waals surface area contributed by atoms with E-state index in [4.69, 9.17) is 11.6 Å². The predicted octanol–water partition coefficient (Wildman–Crippen LogP) is 3.14. The summed E-state index contributed by atoms with van der Waals surface area (Å²) in [5.74, 6) is -2.26. The van der Waals surface area contributed by atoms with Crippen LogP contribution in [-0.4, -0.2) is 34.9 Å². The van der Waals surface area contributed by atoms with Crippen molar-refractivity contribution in [3.05, 3.63) is 35.2 Å². The van der Waals surface area contributed by atoms with Crippen LogP contribution in [-0.2, 0) is 11.2 Å². The van der Waals surface area contributed by atoms with Gasteiger partial charge in [-0.2, -0.15) is 0 Å². The van der Waals surface area contributed by atoms with Gasteiger partial charge in [0.2, 0.25) is 5.91 Å². The molecule has 2 aromatic rings. The van der Waals surface area contributed by atoms with Crippen molar-refractivity contribution in [1.82, 2.24) is 9.97 Å². The minimum absolute atomic E-state index is 0.0645. The zero-order chi connectivity index (χ0) is 17.4. The molecule has 0 bridgehead atoms. The van der Waals surface area contributed by atoms with Gasteiger partial charge in [0, 0.05) is 42.9 Å². The SMILES string of the molecule is O=C1Cc2ncccc2-c2c(cc(N3CC4(C3)CC4(F)F)nc2Cl)N1. The first kappa shape index (κ1) is 15.0. The summed E-state index contributed by atoms with van der Waals surface area (Å²) in [6.45, 7) is 0.516. The maximum atomic E-state index is 13.4. The number of anilines is 2. The molecule has 25 heavy (non-hydrogen) atoms. The molecule has 1 amide bonds. The molecule has 1 aliphatic carbocycles. The fourth-order valence-electron chi connectivity index (χ4n) is 3.74. The van der Waals surface area contributed by atoms with E-state index in [1.165, 1.54) is 0 Å². The lowest BCUT2D eigenvalue weighted by Crippen LogP contribution is -2.51. The Morgan fingerprint density at radius 2 is 2.08 bits per heavy atom. The molecule has 1 spiro atoms. The highest BCUT2D eigenvalue weighted by Crippen LogP contribution is 2.65. The van der Waals surface area contributed by atoms with Gasteiger partial charge in [0.25, 0.3) is 5.92 Å². The van der Waals surface area contributed by atoms with Crippen LogP contribution in [0.15, 0.2) is 24.4 Å². The fourth-order valence-corrected chi connectivity index (χ4v) is 4.03. The van der Waals surface area contributed by atoms with Crippen molar-refractivity contribution < 1.29 is 13.6 Å². The third-order valence-electron chi connectivity index (χ3n) is 5.25. The van der Waals surface area contributed by atoms with Gasteiger partial charge in [-0.25, -0.2) is 13.8 Å². The number of hydrogen-bond donors (Lipinski definition) is 1. The monoisotopic (exact) mass is 362 g/mol. The molecule has 4 heterocycles. The minimum Gasteiger partial charge on any atom is -0.355 e. The highest BCUT2D eigenvalue weighted by molar-refractivity contribution is 6.33. The second kappa shape index (κ2) is 4.66. The maximum absolute atomic E-state index is 13.4. The fraction of sp³-hybridized carbons (Fsp3) is 0.353. The lowest BCUT2D eigenvalue weighted by molar-refractivity contribution is -0.115. The van der Waals surface area contributed by atoms with Crippen molar-refractivity contribution >= 4 is 29.0 Å². The van der Waals surface area contributed by atoms with E-state index in [0.29, 0.717) is 22.8 Å².